The van der Waals surface area contributed by atoms with Crippen molar-refractivity contribution >= 4 is 11.8 Å². The average Bonchev–Trinajstić information content (AvgIpc) is 2.42. The van der Waals surface area contributed by atoms with Gasteiger partial charge < -0.3 is 9.47 Å². The van der Waals surface area contributed by atoms with Gasteiger partial charge in [0, 0.05) is 11.6 Å². The summed E-state index contributed by atoms with van der Waals surface area (Å²) in [7, 11) is 1.30. The summed E-state index contributed by atoms with van der Waals surface area (Å²) in [6.45, 7) is 4.03. The molecule has 0 amide bonds. The largest absolute Gasteiger partial charge is 0.478 e. The van der Waals surface area contributed by atoms with Gasteiger partial charge in [-0.3, -0.25) is 9.59 Å². The molecule has 1 unspecified atom stereocenters. The van der Waals surface area contributed by atoms with Crippen molar-refractivity contribution in [1.29, 1.82) is 0 Å². The number of ether oxygens (including phenoxy) is 2. The van der Waals surface area contributed by atoms with Gasteiger partial charge in [-0.1, -0.05) is 0 Å². The van der Waals surface area contributed by atoms with Crippen LogP contribution < -0.4 is 4.74 Å². The van der Waals surface area contributed by atoms with E-state index < -0.39 is 11.4 Å². The zero-order valence-corrected chi connectivity index (χ0v) is 11.4. The summed E-state index contributed by atoms with van der Waals surface area (Å²) >= 11 is 0. The molecule has 0 radical (unpaired) electrons. The summed E-state index contributed by atoms with van der Waals surface area (Å²) in [6.07, 6.45) is 0.974. The third-order valence-corrected chi connectivity index (χ3v) is 3.48. The Morgan fingerprint density at radius 3 is 2.84 bits per heavy atom. The van der Waals surface area contributed by atoms with Crippen LogP contribution >= 0.6 is 0 Å². The quantitative estimate of drug-likeness (QED) is 0.614. The van der Waals surface area contributed by atoms with Crippen LogP contribution in [0.5, 0.6) is 5.88 Å². The number of carbonyl (C=O) groups is 2. The smallest absolute Gasteiger partial charge is 0.319 e. The Morgan fingerprint density at radius 2 is 2.21 bits per heavy atom. The van der Waals surface area contributed by atoms with Gasteiger partial charge in [0.15, 0.2) is 5.78 Å². The number of nitrogens with zero attached hydrogens (tertiary/aromatic N) is 1. The minimum atomic E-state index is -1.10. The first-order valence-electron chi connectivity index (χ1n) is 6.29. The molecule has 0 bridgehead atoms. The highest BCUT2D eigenvalue weighted by molar-refractivity contribution is 6.13. The summed E-state index contributed by atoms with van der Waals surface area (Å²) < 4.78 is 10.0. The summed E-state index contributed by atoms with van der Waals surface area (Å²) in [4.78, 5) is 28.5. The molecule has 0 fully saturated rings. The number of hydrogen-bond donors (Lipinski definition) is 0. The second-order valence-corrected chi connectivity index (χ2v) is 4.73. The first-order chi connectivity index (χ1) is 9.02. The van der Waals surface area contributed by atoms with Gasteiger partial charge in [0.05, 0.1) is 19.4 Å². The zero-order chi connectivity index (χ0) is 14.0. The van der Waals surface area contributed by atoms with Crippen molar-refractivity contribution in [3.63, 3.8) is 0 Å². The molecule has 5 nitrogen and oxygen atoms in total. The van der Waals surface area contributed by atoms with Gasteiger partial charge in [0.2, 0.25) is 5.88 Å². The maximum atomic E-state index is 12.4. The van der Waals surface area contributed by atoms with E-state index in [0.29, 0.717) is 36.6 Å². The lowest BCUT2D eigenvalue weighted by Crippen LogP contribution is -2.41. The van der Waals surface area contributed by atoms with E-state index in [2.05, 4.69) is 4.98 Å². The number of pyridine rings is 1. The first-order valence-corrected chi connectivity index (χ1v) is 6.29. The highest BCUT2D eigenvalue weighted by Crippen LogP contribution is 2.36. The number of aryl methyl sites for hydroxylation is 1. The topological polar surface area (TPSA) is 65.5 Å². The first kappa shape index (κ1) is 13.5. The molecular weight excluding hydrogens is 246 g/mol. The predicted molar refractivity (Wildman–Crippen MR) is 68.2 cm³/mol. The molecule has 19 heavy (non-hydrogen) atoms. The van der Waals surface area contributed by atoms with Crippen molar-refractivity contribution in [2.24, 2.45) is 5.41 Å². The molecule has 5 heteroatoms. The van der Waals surface area contributed by atoms with E-state index in [1.807, 2.05) is 6.92 Å². The number of ketones is 1. The van der Waals surface area contributed by atoms with Gasteiger partial charge in [-0.15, -0.1) is 0 Å². The van der Waals surface area contributed by atoms with Crippen LogP contribution in [0.4, 0.5) is 0 Å². The van der Waals surface area contributed by atoms with Gasteiger partial charge >= 0.3 is 5.97 Å². The Morgan fingerprint density at radius 1 is 1.47 bits per heavy atom. The molecule has 1 aromatic heterocycles. The van der Waals surface area contributed by atoms with Crippen molar-refractivity contribution < 1.29 is 19.1 Å². The Balaban J connectivity index is 2.37. The van der Waals surface area contributed by atoms with Crippen LogP contribution in [0.25, 0.3) is 0 Å². The fourth-order valence-corrected chi connectivity index (χ4v) is 2.31. The van der Waals surface area contributed by atoms with Crippen molar-refractivity contribution in [3.8, 4) is 5.88 Å². The summed E-state index contributed by atoms with van der Waals surface area (Å²) in [5, 5.41) is 0. The Kier molecular flexibility index (Phi) is 3.55. The standard InChI is InChI=1S/C14H17NO4/c1-4-19-11-6-5-9-10(15-11)7-8-14(2,12(9)16)13(17)18-3/h5-6H,4,7-8H2,1-3H3. The molecule has 0 spiro atoms. The van der Waals surface area contributed by atoms with Crippen LogP contribution in [0, 0.1) is 5.41 Å². The second-order valence-electron chi connectivity index (χ2n) is 4.73. The molecular formula is C14H17NO4. The number of hydrogen-bond acceptors (Lipinski definition) is 5. The normalized spacial score (nSPS) is 21.7. The van der Waals surface area contributed by atoms with Crippen LogP contribution in [-0.4, -0.2) is 30.5 Å². The number of rotatable bonds is 3. The molecule has 0 saturated carbocycles. The van der Waals surface area contributed by atoms with E-state index >= 15 is 0 Å². The Hall–Kier alpha value is -1.91. The van der Waals surface area contributed by atoms with Crippen molar-refractivity contribution in [2.75, 3.05) is 13.7 Å². The van der Waals surface area contributed by atoms with E-state index in [1.165, 1.54) is 7.11 Å². The molecule has 2 rings (SSSR count). The molecule has 0 aromatic carbocycles. The van der Waals surface area contributed by atoms with Crippen molar-refractivity contribution in [3.05, 3.63) is 23.4 Å². The SMILES string of the molecule is CCOc1ccc2c(n1)CCC(C)(C(=O)OC)C2=O. The number of esters is 1. The van der Waals surface area contributed by atoms with E-state index in [9.17, 15) is 9.59 Å². The van der Waals surface area contributed by atoms with Crippen LogP contribution in [-0.2, 0) is 16.0 Å². The van der Waals surface area contributed by atoms with Crippen LogP contribution in [0.1, 0.15) is 36.3 Å². The van der Waals surface area contributed by atoms with E-state index in [1.54, 1.807) is 19.1 Å². The Bertz CT molecular complexity index is 526. The number of aromatic nitrogens is 1. The van der Waals surface area contributed by atoms with Gasteiger partial charge in [-0.05, 0) is 32.8 Å². The number of fused-ring (bicyclic) bond motifs is 1. The van der Waals surface area contributed by atoms with Gasteiger partial charge in [-0.2, -0.15) is 0 Å². The van der Waals surface area contributed by atoms with Gasteiger partial charge in [-0.25, -0.2) is 4.98 Å². The van der Waals surface area contributed by atoms with Crippen LogP contribution in [0.3, 0.4) is 0 Å². The highest BCUT2D eigenvalue weighted by Gasteiger charge is 2.46. The molecule has 0 N–H and O–H groups in total. The van der Waals surface area contributed by atoms with E-state index in [-0.39, 0.29) is 5.78 Å². The van der Waals surface area contributed by atoms with Crippen molar-refractivity contribution in [1.82, 2.24) is 4.98 Å². The lowest BCUT2D eigenvalue weighted by atomic mass is 9.73. The second kappa shape index (κ2) is 4.99. The molecule has 0 aliphatic heterocycles. The van der Waals surface area contributed by atoms with E-state index in [0.717, 1.165) is 0 Å². The predicted octanol–water partition coefficient (Wildman–Crippen LogP) is 1.79. The molecule has 1 heterocycles. The lowest BCUT2D eigenvalue weighted by Gasteiger charge is -2.30. The minimum absolute atomic E-state index is 0.226. The maximum absolute atomic E-state index is 12.4. The van der Waals surface area contributed by atoms with Gasteiger partial charge in [0.25, 0.3) is 0 Å². The molecule has 1 aliphatic carbocycles. The summed E-state index contributed by atoms with van der Waals surface area (Å²) in [6, 6.07) is 3.33. The third-order valence-electron chi connectivity index (χ3n) is 3.48. The summed E-state index contributed by atoms with van der Waals surface area (Å²) in [5.41, 5.74) is 0.0799. The van der Waals surface area contributed by atoms with Gasteiger partial charge in [0.1, 0.15) is 5.41 Å². The zero-order valence-electron chi connectivity index (χ0n) is 11.4. The molecule has 1 atom stereocenters. The van der Waals surface area contributed by atoms with Crippen LogP contribution in [0.2, 0.25) is 0 Å². The summed E-state index contributed by atoms with van der Waals surface area (Å²) in [5.74, 6) is -0.205. The lowest BCUT2D eigenvalue weighted by molar-refractivity contribution is -0.149. The van der Waals surface area contributed by atoms with Crippen molar-refractivity contribution in [2.45, 2.75) is 26.7 Å². The molecule has 1 aliphatic rings. The number of methoxy groups -OCH3 is 1. The number of carbonyl (C=O) groups excluding carboxylic acids is 2. The number of Topliss-reactive ketones (excluding diaryl/α,β-unsaturated/α-hetero) is 1. The maximum Gasteiger partial charge on any atom is 0.319 e. The average molecular weight is 263 g/mol. The highest BCUT2D eigenvalue weighted by atomic mass is 16.5. The third kappa shape index (κ3) is 2.20. The fourth-order valence-electron chi connectivity index (χ4n) is 2.31. The minimum Gasteiger partial charge on any atom is -0.478 e. The van der Waals surface area contributed by atoms with Crippen LogP contribution in [0.15, 0.2) is 12.1 Å². The molecule has 1 aromatic rings. The molecule has 102 valence electrons. The Labute approximate surface area is 111 Å². The fraction of sp³-hybridized carbons (Fsp3) is 0.500. The van der Waals surface area contributed by atoms with E-state index in [4.69, 9.17) is 9.47 Å². The molecule has 0 saturated heterocycles. The monoisotopic (exact) mass is 263 g/mol.